The Morgan fingerprint density at radius 2 is 2.12 bits per heavy atom. The molecule has 16 heavy (non-hydrogen) atoms. The molecule has 0 amide bonds. The van der Waals surface area contributed by atoms with Crippen LogP contribution in [0, 0.1) is 11.8 Å². The van der Waals surface area contributed by atoms with Gasteiger partial charge in [0, 0.05) is 6.42 Å². The number of carbonyl (C=O) groups is 1. The summed E-state index contributed by atoms with van der Waals surface area (Å²) in [4.78, 5) is 11.2. The predicted molar refractivity (Wildman–Crippen MR) is 63.0 cm³/mol. The van der Waals surface area contributed by atoms with Crippen LogP contribution in [0.5, 0.6) is 0 Å². The van der Waals surface area contributed by atoms with E-state index in [-0.39, 0.29) is 12.1 Å². The molecule has 3 unspecified atom stereocenters. The molecular formula is C13H24O3. The van der Waals surface area contributed by atoms with Crippen LogP contribution < -0.4 is 0 Å². The maximum absolute atomic E-state index is 11.2. The maximum atomic E-state index is 11.2. The Bertz CT molecular complexity index is 215. The van der Waals surface area contributed by atoms with Crippen LogP contribution in [0.2, 0.25) is 0 Å². The van der Waals surface area contributed by atoms with E-state index in [1.54, 1.807) is 0 Å². The first kappa shape index (κ1) is 13.5. The second-order valence-corrected chi connectivity index (χ2v) is 4.84. The van der Waals surface area contributed by atoms with Crippen molar-refractivity contribution in [2.75, 3.05) is 7.11 Å². The van der Waals surface area contributed by atoms with Crippen LogP contribution in [0.25, 0.3) is 0 Å². The summed E-state index contributed by atoms with van der Waals surface area (Å²) in [7, 11) is 1.43. The number of ether oxygens (including phenoxy) is 1. The molecule has 0 saturated heterocycles. The number of esters is 1. The molecule has 0 aromatic rings. The average molecular weight is 228 g/mol. The van der Waals surface area contributed by atoms with E-state index in [1.807, 2.05) is 0 Å². The summed E-state index contributed by atoms with van der Waals surface area (Å²) >= 11 is 0. The third kappa shape index (κ3) is 3.78. The highest BCUT2D eigenvalue weighted by atomic mass is 16.5. The molecule has 1 N–H and O–H groups in total. The largest absolute Gasteiger partial charge is 0.469 e. The van der Waals surface area contributed by atoms with Crippen LogP contribution in [0.4, 0.5) is 0 Å². The summed E-state index contributed by atoms with van der Waals surface area (Å²) in [6.45, 7) is 2.18. The first-order valence-corrected chi connectivity index (χ1v) is 6.44. The molecule has 0 bridgehead atoms. The topological polar surface area (TPSA) is 46.5 Å². The Morgan fingerprint density at radius 1 is 1.38 bits per heavy atom. The molecule has 0 heterocycles. The lowest BCUT2D eigenvalue weighted by molar-refractivity contribution is -0.142. The van der Waals surface area contributed by atoms with Crippen molar-refractivity contribution in [3.8, 4) is 0 Å². The number of carbonyl (C=O) groups excluding carboxylic acids is 1. The summed E-state index contributed by atoms with van der Waals surface area (Å²) < 4.78 is 4.70. The third-order valence-corrected chi connectivity index (χ3v) is 3.73. The molecule has 1 rings (SSSR count). The average Bonchev–Trinajstić information content (AvgIpc) is 2.61. The second kappa shape index (κ2) is 6.89. The van der Waals surface area contributed by atoms with Gasteiger partial charge < -0.3 is 9.84 Å². The van der Waals surface area contributed by atoms with Gasteiger partial charge in [-0.2, -0.15) is 0 Å². The molecule has 3 atom stereocenters. The highest BCUT2D eigenvalue weighted by Crippen LogP contribution is 2.37. The normalized spacial score (nSPS) is 29.3. The number of aliphatic hydroxyl groups is 1. The van der Waals surface area contributed by atoms with Crippen LogP contribution in [0.1, 0.15) is 51.9 Å². The van der Waals surface area contributed by atoms with Gasteiger partial charge in [-0.1, -0.05) is 26.2 Å². The SMILES string of the molecule is CCCCCC1C(O)CCC1CC(=O)OC. The van der Waals surface area contributed by atoms with E-state index in [4.69, 9.17) is 4.74 Å². The molecule has 3 heteroatoms. The van der Waals surface area contributed by atoms with Gasteiger partial charge in [-0.3, -0.25) is 4.79 Å². The molecule has 1 aliphatic carbocycles. The van der Waals surface area contributed by atoms with E-state index in [0.717, 1.165) is 25.7 Å². The monoisotopic (exact) mass is 228 g/mol. The lowest BCUT2D eigenvalue weighted by Crippen LogP contribution is -2.21. The van der Waals surface area contributed by atoms with Crippen molar-refractivity contribution < 1.29 is 14.6 Å². The third-order valence-electron chi connectivity index (χ3n) is 3.73. The van der Waals surface area contributed by atoms with E-state index in [1.165, 1.54) is 20.0 Å². The first-order valence-electron chi connectivity index (χ1n) is 6.44. The zero-order valence-electron chi connectivity index (χ0n) is 10.4. The molecule has 3 nitrogen and oxygen atoms in total. The van der Waals surface area contributed by atoms with E-state index < -0.39 is 0 Å². The lowest BCUT2D eigenvalue weighted by atomic mass is 9.87. The molecule has 94 valence electrons. The van der Waals surface area contributed by atoms with E-state index in [9.17, 15) is 9.90 Å². The van der Waals surface area contributed by atoms with Crippen molar-refractivity contribution >= 4 is 5.97 Å². The minimum atomic E-state index is -0.202. The summed E-state index contributed by atoms with van der Waals surface area (Å²) in [5.41, 5.74) is 0. The smallest absolute Gasteiger partial charge is 0.305 e. The number of aliphatic hydroxyl groups excluding tert-OH is 1. The van der Waals surface area contributed by atoms with E-state index in [0.29, 0.717) is 18.3 Å². The number of hydrogen-bond acceptors (Lipinski definition) is 3. The van der Waals surface area contributed by atoms with Crippen LogP contribution in [-0.4, -0.2) is 24.3 Å². The van der Waals surface area contributed by atoms with Gasteiger partial charge in [0.2, 0.25) is 0 Å². The summed E-state index contributed by atoms with van der Waals surface area (Å²) in [6.07, 6.45) is 6.72. The minimum Gasteiger partial charge on any atom is -0.469 e. The molecule has 0 aromatic carbocycles. The Morgan fingerprint density at radius 3 is 2.75 bits per heavy atom. The quantitative estimate of drug-likeness (QED) is 0.561. The van der Waals surface area contributed by atoms with Crippen molar-refractivity contribution in [1.82, 2.24) is 0 Å². The summed E-state index contributed by atoms with van der Waals surface area (Å²) in [5.74, 6) is 0.504. The van der Waals surface area contributed by atoms with E-state index in [2.05, 4.69) is 6.92 Å². The fourth-order valence-corrected chi connectivity index (χ4v) is 2.74. The van der Waals surface area contributed by atoms with Crippen LogP contribution >= 0.6 is 0 Å². The van der Waals surface area contributed by atoms with Gasteiger partial charge in [-0.05, 0) is 31.1 Å². The van der Waals surface area contributed by atoms with Crippen molar-refractivity contribution in [3.05, 3.63) is 0 Å². The van der Waals surface area contributed by atoms with Crippen molar-refractivity contribution in [1.29, 1.82) is 0 Å². The van der Waals surface area contributed by atoms with Crippen molar-refractivity contribution in [2.24, 2.45) is 11.8 Å². The molecule has 0 aliphatic heterocycles. The number of hydrogen-bond donors (Lipinski definition) is 1. The summed E-state index contributed by atoms with van der Waals surface area (Å²) in [6, 6.07) is 0. The number of methoxy groups -OCH3 is 1. The Labute approximate surface area is 98.2 Å². The number of rotatable bonds is 6. The molecule has 0 spiro atoms. The zero-order valence-corrected chi connectivity index (χ0v) is 10.4. The highest BCUT2D eigenvalue weighted by molar-refractivity contribution is 5.69. The van der Waals surface area contributed by atoms with Gasteiger partial charge in [-0.25, -0.2) is 0 Å². The predicted octanol–water partition coefficient (Wildman–Crippen LogP) is 2.52. The summed E-state index contributed by atoms with van der Waals surface area (Å²) in [5, 5.41) is 9.89. The van der Waals surface area contributed by atoms with Gasteiger partial charge >= 0.3 is 5.97 Å². The molecule has 0 radical (unpaired) electrons. The molecular weight excluding hydrogens is 204 g/mol. The van der Waals surface area contributed by atoms with Gasteiger partial charge in [0.05, 0.1) is 13.2 Å². The zero-order chi connectivity index (χ0) is 12.0. The Hall–Kier alpha value is -0.570. The van der Waals surface area contributed by atoms with Crippen molar-refractivity contribution in [2.45, 2.75) is 58.0 Å². The maximum Gasteiger partial charge on any atom is 0.305 e. The van der Waals surface area contributed by atoms with Gasteiger partial charge in [-0.15, -0.1) is 0 Å². The number of unbranched alkanes of at least 4 members (excludes halogenated alkanes) is 2. The standard InChI is InChI=1S/C13H24O3/c1-3-4-5-6-11-10(7-8-12(11)14)9-13(15)16-2/h10-12,14H,3-9H2,1-2H3. The van der Waals surface area contributed by atoms with Crippen LogP contribution in [-0.2, 0) is 9.53 Å². The molecule has 1 saturated carbocycles. The van der Waals surface area contributed by atoms with Gasteiger partial charge in [0.15, 0.2) is 0 Å². The lowest BCUT2D eigenvalue weighted by Gasteiger charge is -2.21. The van der Waals surface area contributed by atoms with Crippen LogP contribution in [0.3, 0.4) is 0 Å². The van der Waals surface area contributed by atoms with Crippen LogP contribution in [0.15, 0.2) is 0 Å². The highest BCUT2D eigenvalue weighted by Gasteiger charge is 2.35. The first-order chi connectivity index (χ1) is 7.69. The molecule has 0 aromatic heterocycles. The Kier molecular flexibility index (Phi) is 5.81. The van der Waals surface area contributed by atoms with Gasteiger partial charge in [0.1, 0.15) is 0 Å². The second-order valence-electron chi connectivity index (χ2n) is 4.84. The molecule has 1 aliphatic rings. The van der Waals surface area contributed by atoms with E-state index >= 15 is 0 Å². The van der Waals surface area contributed by atoms with Crippen molar-refractivity contribution in [3.63, 3.8) is 0 Å². The fourth-order valence-electron chi connectivity index (χ4n) is 2.74. The van der Waals surface area contributed by atoms with Gasteiger partial charge in [0.25, 0.3) is 0 Å². The fraction of sp³-hybridized carbons (Fsp3) is 0.923. The Balaban J connectivity index is 2.39. The minimum absolute atomic E-state index is 0.139. The molecule has 1 fully saturated rings.